The van der Waals surface area contributed by atoms with E-state index in [1.165, 1.54) is 69.1 Å². The fraction of sp³-hybridized carbons (Fsp3) is 0.463. The Morgan fingerprint density at radius 1 is 0.674 bits per heavy atom. The minimum atomic E-state index is -2.27. The van der Waals surface area contributed by atoms with Gasteiger partial charge in [-0.3, -0.25) is 43.2 Å². The Labute approximate surface area is 796 Å². The number of hydrogen-bond acceptors (Lipinski definition) is 31. The number of phenols is 3. The van der Waals surface area contributed by atoms with Gasteiger partial charge >= 0.3 is 0 Å². The number of primary amides is 1. The summed E-state index contributed by atoms with van der Waals surface area (Å²) in [5, 5.41) is 131. The van der Waals surface area contributed by atoms with E-state index in [4.69, 9.17) is 84.2 Å². The highest BCUT2D eigenvalue weighted by atomic mass is 35.5. The van der Waals surface area contributed by atoms with E-state index < -0.39 is 285 Å². The van der Waals surface area contributed by atoms with Crippen LogP contribution in [0.5, 0.6) is 46.0 Å². The fourth-order valence-electron chi connectivity index (χ4n) is 17.5. The molecule has 0 spiro atoms. The lowest BCUT2D eigenvalue weighted by Gasteiger charge is -2.48. The molecule has 0 saturated carbocycles. The Morgan fingerprint density at radius 3 is 1.91 bits per heavy atom. The number of amides is 6. The van der Waals surface area contributed by atoms with E-state index in [9.17, 15) is 65.4 Å². The maximum Gasteiger partial charge on any atom is 0.246 e. The second kappa shape index (κ2) is 43.2. The zero-order valence-electron chi connectivity index (χ0n) is 75.2. The number of thioether (sulfide) groups is 1. The molecule has 36 nitrogen and oxygen atoms in total. The topological polar surface area (TPSA) is 548 Å². The Balaban J connectivity index is 1.02. The minimum Gasteiger partial charge on any atom is -0.508 e. The number of ether oxygens (including phenoxy) is 8. The average Bonchev–Trinajstić information content (AvgIpc) is 0.761. The summed E-state index contributed by atoms with van der Waals surface area (Å²) in [5.74, 6) is -19.0. The number of carbonyl (C=O) groups is 9. The highest BCUT2D eigenvalue weighted by molar-refractivity contribution is 8.14. The molecular weight excluding hydrogens is 1840 g/mol. The molecule has 726 valence electrons. The lowest BCUT2D eigenvalue weighted by atomic mass is 9.84. The average molecular weight is 1950 g/mol. The first-order valence-corrected chi connectivity index (χ1v) is 46.2. The van der Waals surface area contributed by atoms with Crippen LogP contribution in [0.4, 0.5) is 0 Å². The first-order chi connectivity index (χ1) is 63.9. The summed E-state index contributed by atoms with van der Waals surface area (Å²) in [6.07, 6.45) is -26.2. The molecule has 8 aliphatic rings. The summed E-state index contributed by atoms with van der Waals surface area (Å²) in [7, 11) is 5.09. The highest BCUT2D eigenvalue weighted by Crippen LogP contribution is 2.52. The van der Waals surface area contributed by atoms with Gasteiger partial charge in [0.1, 0.15) is 83.4 Å². The van der Waals surface area contributed by atoms with Crippen LogP contribution in [0.2, 0.25) is 15.1 Å². The summed E-state index contributed by atoms with van der Waals surface area (Å²) >= 11 is 21.5. The fourth-order valence-corrected chi connectivity index (χ4v) is 19.0. The van der Waals surface area contributed by atoms with Gasteiger partial charge in [0.15, 0.2) is 41.7 Å². The SMILES string of the molecule is CCC(CC(C)O)C(=O)NC1C(=O)CC(CC(N)=O)C(=O)NC2C(=O)CC3C(=O)NC(C(=O)NC(C(=O)SCC(=O)N(C)CCN(C)C)c4cc(O)cc(O)c4-c4cc3ccc4O)C(OC3CC(C)(N)C(O)C(C)O3)c3ccc(c(Cl)c3)Oc3cc2cc(c3OC2OC(CO)C(O)C(O)C2OC2CC(C)(NCc3ccc(-c4ccc(Cl)cc4)cc3)C(O)C(C)O2)Oc2ccc(cc2Cl)C1O. The van der Waals surface area contributed by atoms with Crippen LogP contribution in [-0.2, 0) is 73.4 Å². The third kappa shape index (κ3) is 23.6. The van der Waals surface area contributed by atoms with Crippen LogP contribution in [0.1, 0.15) is 150 Å². The number of benzene rings is 7. The van der Waals surface area contributed by atoms with Crippen molar-refractivity contribution >= 4 is 98.7 Å². The van der Waals surface area contributed by atoms with E-state index in [1.807, 2.05) is 41.3 Å². The van der Waals surface area contributed by atoms with Gasteiger partial charge in [-0.15, -0.1) is 0 Å². The summed E-state index contributed by atoms with van der Waals surface area (Å²) < 4.78 is 53.5. The Bertz CT molecular complexity index is 5570. The lowest BCUT2D eigenvalue weighted by molar-refractivity contribution is -0.334. The number of aromatic hydroxyl groups is 3. The maximum absolute atomic E-state index is 16.9. The molecule has 7 aromatic rings. The van der Waals surface area contributed by atoms with Crippen LogP contribution in [-0.4, -0.2) is 257 Å². The van der Waals surface area contributed by atoms with Crippen molar-refractivity contribution in [1.29, 1.82) is 0 Å². The molecule has 6 amide bonds. The summed E-state index contributed by atoms with van der Waals surface area (Å²) in [6, 6.07) is 21.3. The third-order valence-electron chi connectivity index (χ3n) is 25.3. The number of halogens is 3. The first kappa shape index (κ1) is 102. The molecule has 15 rings (SSSR count). The number of carbonyl (C=O) groups excluding carboxylic acids is 9. The standard InChI is InChI=1S/C95H112Cl3N9O27S/c1-10-47(27-43(2)109)88(122)104-78-64(113)31-54(34-71(99)115)89(123)102-76-53-32-68(129-66-23-18-51(80(78)117)29-60(66)97)84(134-93-85(82(119)81(118)70(41-108)131-93)133-74-39-95(6,87(121)45(4)128-74)101-40-46-11-13-48(14-12-46)49-15-20-55(96)21-16-49)69(33-53)130-67-24-19-52(30-61(67)98)83(132-73-38-94(5,100)86(120)44(3)127-73)79-91(125)103-77(92(126)135-42-72(116)107(9)26-25-106(7)8)59-35-56(110)36-63(112)75(59)58-28-50(17-22-62(58)111)57(37-65(76)114)90(124)105-79/h11-24,28-30,32-33,35-36,43-45,47,54,57,70,73-74,76-83,85-87,93,101,108-112,117-121H,10,25-27,31,34,37-42,100H2,1-9H3,(H2,99,115)(H,102,123)(H,103,125)(H,104,122)(H,105,124). The van der Waals surface area contributed by atoms with Crippen molar-refractivity contribution in [3.05, 3.63) is 176 Å². The molecule has 11 bridgehead atoms. The van der Waals surface area contributed by atoms with Gasteiger partial charge in [-0.05, 0) is 173 Å². The number of rotatable bonds is 24. The van der Waals surface area contributed by atoms with Crippen molar-refractivity contribution in [2.45, 2.75) is 220 Å². The molecule has 7 aromatic carbocycles. The Kier molecular flexibility index (Phi) is 32.7. The van der Waals surface area contributed by atoms with E-state index in [0.717, 1.165) is 59.2 Å². The number of nitrogens with one attached hydrogen (secondary N) is 5. The zero-order chi connectivity index (χ0) is 97.8. The summed E-state index contributed by atoms with van der Waals surface area (Å²) in [5.41, 5.74) is 10.4. The molecule has 23 atom stereocenters. The molecule has 19 N–H and O–H groups in total. The summed E-state index contributed by atoms with van der Waals surface area (Å²) in [6.45, 7) is 9.19. The number of nitrogens with zero attached hydrogens (tertiary/aromatic N) is 2. The Morgan fingerprint density at radius 2 is 1.30 bits per heavy atom. The smallest absolute Gasteiger partial charge is 0.246 e. The van der Waals surface area contributed by atoms with Crippen molar-refractivity contribution in [1.82, 2.24) is 36.4 Å². The number of aliphatic hydroxyl groups excluding tert-OH is 7. The number of aliphatic hydroxyl groups is 7. The minimum absolute atomic E-state index is 0.113. The van der Waals surface area contributed by atoms with Gasteiger partial charge in [-0.25, -0.2) is 0 Å². The van der Waals surface area contributed by atoms with Crippen molar-refractivity contribution in [3.8, 4) is 68.2 Å². The quantitative estimate of drug-likeness (QED) is 0.0295. The Hall–Kier alpha value is -10.2. The molecule has 135 heavy (non-hydrogen) atoms. The van der Waals surface area contributed by atoms with Gasteiger partial charge in [0, 0.05) is 98.0 Å². The second-order valence-corrected chi connectivity index (χ2v) is 38.1. The number of hydrogen-bond donors (Lipinski definition) is 17. The summed E-state index contributed by atoms with van der Waals surface area (Å²) in [4.78, 5) is 142. The second-order valence-electron chi connectivity index (χ2n) is 35.9. The predicted molar refractivity (Wildman–Crippen MR) is 492 cm³/mol. The maximum atomic E-state index is 16.9. The van der Waals surface area contributed by atoms with Gasteiger partial charge in [0.2, 0.25) is 52.6 Å². The van der Waals surface area contributed by atoms with E-state index >= 15 is 28.8 Å². The van der Waals surface area contributed by atoms with E-state index in [-0.39, 0.29) is 72.0 Å². The molecule has 8 aliphatic heterocycles. The van der Waals surface area contributed by atoms with E-state index in [1.54, 1.807) is 47.0 Å². The highest BCUT2D eigenvalue weighted by Gasteiger charge is 2.53. The van der Waals surface area contributed by atoms with Crippen molar-refractivity contribution < 1.29 is 132 Å². The molecule has 3 saturated heterocycles. The number of nitrogens with two attached hydrogens (primary N) is 2. The zero-order valence-corrected chi connectivity index (χ0v) is 78.3. The molecule has 3 fully saturated rings. The van der Waals surface area contributed by atoms with Gasteiger partial charge in [0.25, 0.3) is 0 Å². The van der Waals surface area contributed by atoms with Crippen LogP contribution in [0.15, 0.2) is 127 Å². The van der Waals surface area contributed by atoms with Gasteiger partial charge in [0.05, 0.1) is 64.8 Å². The van der Waals surface area contributed by atoms with Crippen LogP contribution in [0.3, 0.4) is 0 Å². The molecule has 0 radical (unpaired) electrons. The molecular formula is C95H112Cl3N9O27S. The first-order valence-electron chi connectivity index (χ1n) is 44.0. The molecule has 8 heterocycles. The van der Waals surface area contributed by atoms with Crippen LogP contribution < -0.4 is 52.3 Å². The van der Waals surface area contributed by atoms with Crippen LogP contribution in [0.25, 0.3) is 22.3 Å². The van der Waals surface area contributed by atoms with Crippen LogP contribution >= 0.6 is 46.6 Å². The third-order valence-corrected chi connectivity index (χ3v) is 27.0. The lowest BCUT2D eigenvalue weighted by Crippen LogP contribution is -2.65. The van der Waals surface area contributed by atoms with Gasteiger partial charge in [-0.2, -0.15) is 0 Å². The van der Waals surface area contributed by atoms with Gasteiger partial charge < -0.3 is 137 Å². The number of ketones is 2. The largest absolute Gasteiger partial charge is 0.508 e. The number of Topliss-reactive ketones (excluding diaryl/α,β-unsaturated/α-hetero) is 2. The monoisotopic (exact) mass is 1950 g/mol. The van der Waals surface area contributed by atoms with E-state index in [0.29, 0.717) is 23.3 Å². The molecule has 0 aliphatic carbocycles. The normalized spacial score (nSPS) is 28.7. The van der Waals surface area contributed by atoms with Gasteiger partial charge in [-0.1, -0.05) is 108 Å². The molecule has 23 unspecified atom stereocenters. The van der Waals surface area contributed by atoms with Crippen molar-refractivity contribution in [2.24, 2.45) is 23.3 Å². The predicted octanol–water partition coefficient (Wildman–Crippen LogP) is 6.83. The van der Waals surface area contributed by atoms with Crippen LogP contribution in [0, 0.1) is 11.8 Å². The molecule has 40 heteroatoms. The van der Waals surface area contributed by atoms with Crippen molar-refractivity contribution in [3.63, 3.8) is 0 Å². The number of likely N-dealkylation sites (N-methyl/N-ethyl adjacent to an activating group) is 2. The molecule has 0 aromatic heterocycles. The van der Waals surface area contributed by atoms with Crippen molar-refractivity contribution in [2.75, 3.05) is 46.6 Å². The van der Waals surface area contributed by atoms with E-state index in [2.05, 4.69) is 26.6 Å². The number of phenolic OH excluding ortho intramolecular Hbond substituents is 3. The number of fused-ring (bicyclic) bond motifs is 15.